The maximum Gasteiger partial charge on any atom is 0.335 e. The molecule has 0 aliphatic heterocycles. The number of halogens is 2. The van der Waals surface area contributed by atoms with Crippen molar-refractivity contribution in [2.45, 2.75) is 39.3 Å². The number of nitrogens with one attached hydrogen (secondary N) is 2. The van der Waals surface area contributed by atoms with Gasteiger partial charge in [-0.3, -0.25) is 14.2 Å². The molecule has 0 saturated carbocycles. The lowest BCUT2D eigenvalue weighted by molar-refractivity contribution is -0.149. The summed E-state index contributed by atoms with van der Waals surface area (Å²) in [7, 11) is 1.60. The van der Waals surface area contributed by atoms with Gasteiger partial charge in [-0.05, 0) is 68.4 Å². The molecule has 0 spiro atoms. The van der Waals surface area contributed by atoms with Gasteiger partial charge in [0, 0.05) is 20.0 Å². The number of fused-ring (bicyclic) bond motifs is 1. The molecule has 44 heavy (non-hydrogen) atoms. The van der Waals surface area contributed by atoms with Crippen LogP contribution >= 0.6 is 23.2 Å². The average Bonchev–Trinajstić information content (AvgIpc) is 2.98. The third kappa shape index (κ3) is 7.50. The standard InChI is InChI=1S/C32H34Cl2N4O6/c1-5-35-15-16-43-22-13-14-27-23(18-22)30(40)38(32(42)37(27)4)21-11-9-20(10-12-21)17-26(31(41)44-19(2)3)36-29(39)28-24(33)7-6-8-25(28)34/h6-14,18-19,26,35H,5,15-17H2,1-4H3,(H,36,39)/t26-/m0/s1. The second-order valence-electron chi connectivity index (χ2n) is 10.3. The number of amides is 1. The van der Waals surface area contributed by atoms with Gasteiger partial charge in [0.15, 0.2) is 0 Å². The zero-order valence-corrected chi connectivity index (χ0v) is 26.4. The molecule has 232 valence electrons. The van der Waals surface area contributed by atoms with Crippen LogP contribution in [-0.4, -0.2) is 52.9 Å². The molecule has 3 aromatic carbocycles. The Morgan fingerprint density at radius 2 is 1.66 bits per heavy atom. The summed E-state index contributed by atoms with van der Waals surface area (Å²) >= 11 is 12.4. The van der Waals surface area contributed by atoms with Gasteiger partial charge in [-0.1, -0.05) is 48.3 Å². The van der Waals surface area contributed by atoms with Gasteiger partial charge in [0.05, 0.1) is 38.3 Å². The van der Waals surface area contributed by atoms with Crippen LogP contribution in [-0.2, 0) is 23.0 Å². The second-order valence-corrected chi connectivity index (χ2v) is 11.2. The van der Waals surface area contributed by atoms with Crippen molar-refractivity contribution in [1.82, 2.24) is 19.8 Å². The normalized spacial score (nSPS) is 11.9. The molecule has 0 aliphatic rings. The van der Waals surface area contributed by atoms with E-state index in [0.717, 1.165) is 11.1 Å². The van der Waals surface area contributed by atoms with Gasteiger partial charge in [-0.25, -0.2) is 14.2 Å². The third-order valence-corrected chi connectivity index (χ3v) is 7.43. The van der Waals surface area contributed by atoms with Crippen LogP contribution in [0.2, 0.25) is 10.0 Å². The average molecular weight is 642 g/mol. The zero-order valence-electron chi connectivity index (χ0n) is 24.9. The van der Waals surface area contributed by atoms with Crippen molar-refractivity contribution in [3.8, 4) is 11.4 Å². The number of hydrogen-bond donors (Lipinski definition) is 2. The molecule has 1 heterocycles. The van der Waals surface area contributed by atoms with Gasteiger partial charge in [0.25, 0.3) is 11.5 Å². The molecule has 4 rings (SSSR count). The van der Waals surface area contributed by atoms with Crippen LogP contribution in [0.4, 0.5) is 0 Å². The van der Waals surface area contributed by atoms with E-state index in [4.69, 9.17) is 32.7 Å². The van der Waals surface area contributed by atoms with E-state index in [1.54, 1.807) is 69.4 Å². The van der Waals surface area contributed by atoms with Crippen molar-refractivity contribution in [2.24, 2.45) is 7.05 Å². The number of ether oxygens (including phenoxy) is 2. The van der Waals surface area contributed by atoms with Crippen LogP contribution in [0, 0.1) is 0 Å². The first kappa shape index (κ1) is 32.8. The minimum Gasteiger partial charge on any atom is -0.492 e. The molecule has 12 heteroatoms. The Morgan fingerprint density at radius 3 is 2.30 bits per heavy atom. The highest BCUT2D eigenvalue weighted by Crippen LogP contribution is 2.24. The quantitative estimate of drug-likeness (QED) is 0.175. The van der Waals surface area contributed by atoms with Gasteiger partial charge >= 0.3 is 11.7 Å². The predicted molar refractivity (Wildman–Crippen MR) is 171 cm³/mol. The lowest BCUT2D eigenvalue weighted by Gasteiger charge is -2.20. The topological polar surface area (TPSA) is 121 Å². The maximum absolute atomic E-state index is 13.5. The number of nitrogens with zero attached hydrogens (tertiary/aromatic N) is 2. The Morgan fingerprint density at radius 1 is 0.977 bits per heavy atom. The first-order valence-electron chi connectivity index (χ1n) is 14.2. The molecule has 0 unspecified atom stereocenters. The summed E-state index contributed by atoms with van der Waals surface area (Å²) in [5.41, 5.74) is 0.507. The third-order valence-electron chi connectivity index (χ3n) is 6.80. The van der Waals surface area contributed by atoms with Crippen molar-refractivity contribution in [3.63, 3.8) is 0 Å². The second kappa shape index (κ2) is 14.6. The molecule has 2 N–H and O–H groups in total. The SMILES string of the molecule is CCNCCOc1ccc2c(c1)c(=O)n(-c1ccc(C[C@H](NC(=O)c3c(Cl)cccc3Cl)C(=O)OC(C)C)cc1)c(=O)n2C. The van der Waals surface area contributed by atoms with Crippen LogP contribution in [0.15, 0.2) is 70.3 Å². The summed E-state index contributed by atoms with van der Waals surface area (Å²) in [4.78, 5) is 52.8. The van der Waals surface area contributed by atoms with E-state index in [1.165, 1.54) is 16.7 Å². The maximum atomic E-state index is 13.5. The Kier molecular flexibility index (Phi) is 10.9. The van der Waals surface area contributed by atoms with Crippen LogP contribution in [0.25, 0.3) is 16.6 Å². The summed E-state index contributed by atoms with van der Waals surface area (Å²) < 4.78 is 13.6. The van der Waals surface area contributed by atoms with E-state index >= 15 is 0 Å². The number of esters is 1. The van der Waals surface area contributed by atoms with Crippen molar-refractivity contribution in [1.29, 1.82) is 0 Å². The summed E-state index contributed by atoms with van der Waals surface area (Å²) in [5, 5.41) is 6.47. The first-order valence-corrected chi connectivity index (χ1v) is 14.9. The van der Waals surface area contributed by atoms with Crippen molar-refractivity contribution in [2.75, 3.05) is 19.7 Å². The number of rotatable bonds is 12. The summed E-state index contributed by atoms with van der Waals surface area (Å²) in [6.45, 7) is 7.32. The molecule has 1 atom stereocenters. The van der Waals surface area contributed by atoms with E-state index in [0.29, 0.717) is 41.1 Å². The number of hydrogen-bond acceptors (Lipinski definition) is 7. The smallest absolute Gasteiger partial charge is 0.335 e. The molecule has 0 saturated heterocycles. The molecule has 0 fully saturated rings. The Labute approximate surface area is 264 Å². The molecule has 10 nitrogen and oxygen atoms in total. The Bertz CT molecular complexity index is 1760. The number of benzene rings is 3. The fraction of sp³-hybridized carbons (Fsp3) is 0.312. The number of carbonyl (C=O) groups excluding carboxylic acids is 2. The monoisotopic (exact) mass is 640 g/mol. The highest BCUT2D eigenvalue weighted by Gasteiger charge is 2.26. The molecule has 4 aromatic rings. The van der Waals surface area contributed by atoms with Crippen LogP contribution in [0.3, 0.4) is 0 Å². The van der Waals surface area contributed by atoms with E-state index in [1.807, 2.05) is 6.92 Å². The van der Waals surface area contributed by atoms with Gasteiger partial charge < -0.3 is 20.1 Å². The lowest BCUT2D eigenvalue weighted by atomic mass is 10.0. The van der Waals surface area contributed by atoms with E-state index in [-0.39, 0.29) is 22.0 Å². The summed E-state index contributed by atoms with van der Waals surface area (Å²) in [6, 6.07) is 15.2. The van der Waals surface area contributed by atoms with Crippen LogP contribution in [0.5, 0.6) is 5.75 Å². The molecular weight excluding hydrogens is 607 g/mol. The fourth-order valence-corrected chi connectivity index (χ4v) is 5.21. The fourth-order valence-electron chi connectivity index (χ4n) is 4.64. The highest BCUT2D eigenvalue weighted by atomic mass is 35.5. The van der Waals surface area contributed by atoms with Crippen LogP contribution < -0.4 is 26.6 Å². The van der Waals surface area contributed by atoms with Crippen molar-refractivity contribution in [3.05, 3.63) is 103 Å². The highest BCUT2D eigenvalue weighted by molar-refractivity contribution is 6.39. The molecular formula is C32H34Cl2N4O6. The Hall–Kier alpha value is -4.12. The number of aryl methyl sites for hydroxylation is 1. The van der Waals surface area contributed by atoms with E-state index in [9.17, 15) is 19.2 Å². The minimum absolute atomic E-state index is 0.0474. The van der Waals surface area contributed by atoms with Gasteiger partial charge in [0.1, 0.15) is 18.4 Å². The largest absolute Gasteiger partial charge is 0.492 e. The lowest BCUT2D eigenvalue weighted by Crippen LogP contribution is -2.44. The van der Waals surface area contributed by atoms with E-state index < -0.39 is 35.3 Å². The molecule has 1 aromatic heterocycles. The van der Waals surface area contributed by atoms with Gasteiger partial charge in [-0.15, -0.1) is 0 Å². The van der Waals surface area contributed by atoms with Gasteiger partial charge in [0.2, 0.25) is 0 Å². The number of carbonyl (C=O) groups is 2. The van der Waals surface area contributed by atoms with Crippen molar-refractivity contribution >= 4 is 46.0 Å². The van der Waals surface area contributed by atoms with Crippen LogP contribution in [0.1, 0.15) is 36.7 Å². The zero-order chi connectivity index (χ0) is 32.0. The molecule has 1 amide bonds. The van der Waals surface area contributed by atoms with Crippen molar-refractivity contribution < 1.29 is 19.1 Å². The number of aromatic nitrogens is 2. The van der Waals surface area contributed by atoms with E-state index in [2.05, 4.69) is 10.6 Å². The first-order chi connectivity index (χ1) is 21.0. The molecule has 0 aliphatic carbocycles. The summed E-state index contributed by atoms with van der Waals surface area (Å²) in [5.74, 6) is -0.740. The minimum atomic E-state index is -1.06. The number of likely N-dealkylation sites (N-methyl/N-ethyl adjacent to an activating group) is 1. The predicted octanol–water partition coefficient (Wildman–Crippen LogP) is 4.28. The van der Waals surface area contributed by atoms with Gasteiger partial charge in [-0.2, -0.15) is 0 Å². The molecule has 0 bridgehead atoms. The summed E-state index contributed by atoms with van der Waals surface area (Å²) in [6.07, 6.45) is -0.346. The Balaban J connectivity index is 1.63. The molecule has 0 radical (unpaired) electrons.